The number of hydrogen-bond donors (Lipinski definition) is 1. The number of nitrogens with one attached hydrogen (secondary N) is 1. The van der Waals surface area contributed by atoms with Crippen molar-refractivity contribution in [1.82, 2.24) is 14.8 Å². The maximum atomic E-state index is 12.9. The highest BCUT2D eigenvalue weighted by Gasteiger charge is 2.31. The standard InChI is InChI=1S/C21H20ClF3N4OS2/c22-15-4-3-14(21(23,24)25)10-16(15)26-19(30)11-28-5-7-29(8-6-28)12-20-27-17(13-32-20)18-2-1-9-31-18/h1-4,9-10,13H,5-8,11-12H2,(H,26,30). The first-order valence-electron chi connectivity index (χ1n) is 9.87. The molecular weight excluding hydrogens is 481 g/mol. The zero-order chi connectivity index (χ0) is 22.7. The van der Waals surface area contributed by atoms with Crippen molar-refractivity contribution < 1.29 is 18.0 Å². The fourth-order valence-corrected chi connectivity index (χ4v) is 5.17. The normalized spacial score (nSPS) is 15.8. The Bertz CT molecular complexity index is 1060. The molecule has 3 aromatic rings. The van der Waals surface area contributed by atoms with Gasteiger partial charge in [0.05, 0.1) is 39.9 Å². The monoisotopic (exact) mass is 500 g/mol. The van der Waals surface area contributed by atoms with Crippen molar-refractivity contribution in [2.24, 2.45) is 0 Å². The minimum Gasteiger partial charge on any atom is -0.324 e. The number of benzene rings is 1. The van der Waals surface area contributed by atoms with Crippen LogP contribution in [0.25, 0.3) is 10.6 Å². The lowest BCUT2D eigenvalue weighted by atomic mass is 10.2. The van der Waals surface area contributed by atoms with Crippen LogP contribution in [0, 0.1) is 0 Å². The first-order valence-corrected chi connectivity index (χ1v) is 12.0. The van der Waals surface area contributed by atoms with E-state index in [1.165, 1.54) is 0 Å². The van der Waals surface area contributed by atoms with Gasteiger partial charge >= 0.3 is 6.18 Å². The second kappa shape index (κ2) is 9.88. The summed E-state index contributed by atoms with van der Waals surface area (Å²) in [7, 11) is 0. The van der Waals surface area contributed by atoms with Gasteiger partial charge < -0.3 is 5.32 Å². The van der Waals surface area contributed by atoms with E-state index in [-0.39, 0.29) is 23.2 Å². The lowest BCUT2D eigenvalue weighted by Crippen LogP contribution is -2.48. The Kier molecular flexibility index (Phi) is 7.16. The summed E-state index contributed by atoms with van der Waals surface area (Å²) < 4.78 is 38.7. The van der Waals surface area contributed by atoms with Crippen molar-refractivity contribution in [3.63, 3.8) is 0 Å². The maximum Gasteiger partial charge on any atom is 0.416 e. The molecule has 1 saturated heterocycles. The predicted molar refractivity (Wildman–Crippen MR) is 122 cm³/mol. The molecule has 32 heavy (non-hydrogen) atoms. The van der Waals surface area contributed by atoms with E-state index in [4.69, 9.17) is 16.6 Å². The number of thiazole rings is 1. The number of nitrogens with zero attached hydrogens (tertiary/aromatic N) is 3. The maximum absolute atomic E-state index is 12.9. The molecule has 0 spiro atoms. The van der Waals surface area contributed by atoms with Crippen LogP contribution < -0.4 is 5.32 Å². The van der Waals surface area contributed by atoms with E-state index in [9.17, 15) is 18.0 Å². The van der Waals surface area contributed by atoms with Crippen LogP contribution in [0.4, 0.5) is 18.9 Å². The van der Waals surface area contributed by atoms with E-state index in [2.05, 4.69) is 21.7 Å². The van der Waals surface area contributed by atoms with Gasteiger partial charge in [0.2, 0.25) is 5.91 Å². The lowest BCUT2D eigenvalue weighted by molar-refractivity contribution is -0.137. The quantitative estimate of drug-likeness (QED) is 0.499. The molecule has 0 saturated carbocycles. The number of hydrogen-bond acceptors (Lipinski definition) is 6. The predicted octanol–water partition coefficient (Wildman–Crippen LogP) is 5.30. The molecule has 1 amide bonds. The van der Waals surface area contributed by atoms with Crippen LogP contribution in [-0.2, 0) is 17.5 Å². The third kappa shape index (κ3) is 5.87. The summed E-state index contributed by atoms with van der Waals surface area (Å²) in [4.78, 5) is 22.5. The summed E-state index contributed by atoms with van der Waals surface area (Å²) in [6.45, 7) is 3.80. The Balaban J connectivity index is 1.26. The molecule has 1 fully saturated rings. The van der Waals surface area contributed by atoms with Gasteiger partial charge in [0.15, 0.2) is 0 Å². The number of piperazine rings is 1. The third-order valence-corrected chi connectivity index (χ3v) is 7.14. The number of aromatic nitrogens is 1. The summed E-state index contributed by atoms with van der Waals surface area (Å²) in [5, 5.41) is 7.73. The molecule has 1 aliphatic heterocycles. The number of thiophene rings is 1. The van der Waals surface area contributed by atoms with Crippen LogP contribution >= 0.6 is 34.3 Å². The fraction of sp³-hybridized carbons (Fsp3) is 0.333. The van der Waals surface area contributed by atoms with Crippen molar-refractivity contribution in [2.75, 3.05) is 38.0 Å². The summed E-state index contributed by atoms with van der Waals surface area (Å²) in [6, 6.07) is 6.95. The molecule has 11 heteroatoms. The number of amides is 1. The van der Waals surface area contributed by atoms with Crippen LogP contribution in [0.15, 0.2) is 41.1 Å². The molecule has 1 aromatic carbocycles. The van der Waals surface area contributed by atoms with E-state index in [0.717, 1.165) is 53.4 Å². The highest BCUT2D eigenvalue weighted by Crippen LogP contribution is 2.34. The Labute approximate surface area is 196 Å². The Morgan fingerprint density at radius 1 is 1.12 bits per heavy atom. The topological polar surface area (TPSA) is 48.5 Å². The first-order chi connectivity index (χ1) is 15.3. The average molecular weight is 501 g/mol. The van der Waals surface area contributed by atoms with Crippen molar-refractivity contribution >= 4 is 45.9 Å². The smallest absolute Gasteiger partial charge is 0.324 e. The van der Waals surface area contributed by atoms with Gasteiger partial charge in [-0.25, -0.2) is 4.98 Å². The van der Waals surface area contributed by atoms with E-state index in [1.807, 2.05) is 16.3 Å². The second-order valence-corrected chi connectivity index (χ2v) is 9.69. The van der Waals surface area contributed by atoms with Crippen LogP contribution in [0.3, 0.4) is 0 Å². The van der Waals surface area contributed by atoms with Crippen molar-refractivity contribution in [2.45, 2.75) is 12.7 Å². The SMILES string of the molecule is O=C(CN1CCN(Cc2nc(-c3cccs3)cs2)CC1)Nc1cc(C(F)(F)F)ccc1Cl. The van der Waals surface area contributed by atoms with Crippen LogP contribution in [-0.4, -0.2) is 53.4 Å². The molecule has 3 heterocycles. The molecular formula is C21H20ClF3N4OS2. The molecule has 0 radical (unpaired) electrons. The zero-order valence-electron chi connectivity index (χ0n) is 16.9. The van der Waals surface area contributed by atoms with Crippen LogP contribution in [0.5, 0.6) is 0 Å². The second-order valence-electron chi connectivity index (χ2n) is 7.40. The molecule has 0 unspecified atom stereocenters. The zero-order valence-corrected chi connectivity index (χ0v) is 19.3. The number of anilines is 1. The van der Waals surface area contributed by atoms with E-state index >= 15 is 0 Å². The van der Waals surface area contributed by atoms with Crippen LogP contribution in [0.1, 0.15) is 10.6 Å². The molecule has 0 atom stereocenters. The average Bonchev–Trinajstić information content (AvgIpc) is 3.42. The van der Waals surface area contributed by atoms with Crippen molar-refractivity contribution in [3.8, 4) is 10.6 Å². The van der Waals surface area contributed by atoms with Gasteiger partial charge in [0.1, 0.15) is 5.01 Å². The van der Waals surface area contributed by atoms with E-state index < -0.39 is 11.7 Å². The Morgan fingerprint density at radius 2 is 1.88 bits per heavy atom. The van der Waals surface area contributed by atoms with Crippen molar-refractivity contribution in [1.29, 1.82) is 0 Å². The first kappa shape index (κ1) is 23.2. The minimum atomic E-state index is -4.50. The minimum absolute atomic E-state index is 0.0320. The fourth-order valence-electron chi connectivity index (χ4n) is 3.41. The highest BCUT2D eigenvalue weighted by molar-refractivity contribution is 7.14. The lowest BCUT2D eigenvalue weighted by Gasteiger charge is -2.33. The number of rotatable bonds is 6. The Morgan fingerprint density at radius 3 is 2.56 bits per heavy atom. The summed E-state index contributed by atoms with van der Waals surface area (Å²) in [5.74, 6) is -0.389. The number of carbonyl (C=O) groups is 1. The van der Waals surface area contributed by atoms with Crippen LogP contribution in [0.2, 0.25) is 5.02 Å². The summed E-state index contributed by atoms with van der Waals surface area (Å²) >= 11 is 9.27. The third-order valence-electron chi connectivity index (χ3n) is 5.08. The van der Waals surface area contributed by atoms with E-state index in [1.54, 1.807) is 22.7 Å². The molecule has 0 aliphatic carbocycles. The molecule has 2 aromatic heterocycles. The summed E-state index contributed by atoms with van der Waals surface area (Å²) in [6.07, 6.45) is -4.50. The van der Waals surface area contributed by atoms with E-state index in [0.29, 0.717) is 13.1 Å². The van der Waals surface area contributed by atoms with Gasteiger partial charge in [-0.2, -0.15) is 13.2 Å². The number of halogens is 4. The van der Waals surface area contributed by atoms with Gasteiger partial charge in [-0.15, -0.1) is 22.7 Å². The Hall–Kier alpha value is -1.98. The molecule has 4 rings (SSSR count). The number of alkyl halides is 3. The molecule has 1 N–H and O–H groups in total. The molecule has 5 nitrogen and oxygen atoms in total. The molecule has 1 aliphatic rings. The van der Waals surface area contributed by atoms with Gasteiger partial charge in [0.25, 0.3) is 0 Å². The van der Waals surface area contributed by atoms with Crippen molar-refractivity contribution in [3.05, 3.63) is 56.7 Å². The number of carbonyl (C=O) groups excluding carboxylic acids is 1. The van der Waals surface area contributed by atoms with Gasteiger partial charge in [-0.05, 0) is 29.6 Å². The van der Waals surface area contributed by atoms with Gasteiger partial charge in [-0.3, -0.25) is 14.6 Å². The molecule has 0 bridgehead atoms. The largest absolute Gasteiger partial charge is 0.416 e. The van der Waals surface area contributed by atoms with Gasteiger partial charge in [-0.1, -0.05) is 17.7 Å². The molecule has 170 valence electrons. The summed E-state index contributed by atoms with van der Waals surface area (Å²) in [5.41, 5.74) is 0.120. The highest BCUT2D eigenvalue weighted by atomic mass is 35.5. The van der Waals surface area contributed by atoms with Gasteiger partial charge in [0, 0.05) is 31.6 Å².